The summed E-state index contributed by atoms with van der Waals surface area (Å²) in [4.78, 5) is 44.1. The molecule has 0 bridgehead atoms. The molecule has 0 spiro atoms. The molecular weight excluding hydrogens is 415 g/mol. The minimum atomic E-state index is -1.01. The lowest BCUT2D eigenvalue weighted by Crippen LogP contribution is -2.52. The van der Waals surface area contributed by atoms with Crippen molar-refractivity contribution in [1.29, 1.82) is 0 Å². The van der Waals surface area contributed by atoms with Gasteiger partial charge in [0.2, 0.25) is 17.6 Å². The van der Waals surface area contributed by atoms with Crippen LogP contribution in [0.5, 0.6) is 0 Å². The van der Waals surface area contributed by atoms with Crippen LogP contribution in [-0.4, -0.2) is 38.8 Å². The van der Waals surface area contributed by atoms with Gasteiger partial charge in [0.15, 0.2) is 0 Å². The van der Waals surface area contributed by atoms with E-state index in [1.165, 1.54) is 24.3 Å². The molecule has 2 unspecified atom stereocenters. The van der Waals surface area contributed by atoms with Crippen molar-refractivity contribution in [3.05, 3.63) is 71.4 Å². The minimum absolute atomic E-state index is 0.141. The quantitative estimate of drug-likeness (QED) is 0.594. The van der Waals surface area contributed by atoms with E-state index in [9.17, 15) is 18.8 Å². The Morgan fingerprint density at radius 3 is 2.16 bits per heavy atom. The van der Waals surface area contributed by atoms with Gasteiger partial charge in [-0.05, 0) is 49.2 Å². The van der Waals surface area contributed by atoms with Crippen LogP contribution in [0.15, 0.2) is 53.1 Å². The second-order valence-corrected chi connectivity index (χ2v) is 7.91. The van der Waals surface area contributed by atoms with E-state index in [1.807, 2.05) is 0 Å². The van der Waals surface area contributed by atoms with Crippen molar-refractivity contribution in [2.75, 3.05) is 0 Å². The normalized spacial score (nSPS) is 15.1. The smallest absolute Gasteiger partial charge is 0.262 e. The van der Waals surface area contributed by atoms with Gasteiger partial charge in [0.05, 0.1) is 11.1 Å². The number of amides is 3. The molecule has 3 aromatic rings. The molecule has 2 atom stereocenters. The highest BCUT2D eigenvalue weighted by Crippen LogP contribution is 2.28. The molecule has 164 valence electrons. The zero-order chi connectivity index (χ0) is 23.0. The Balaban J connectivity index is 1.52. The van der Waals surface area contributed by atoms with Gasteiger partial charge in [0.1, 0.15) is 17.9 Å². The molecule has 0 radical (unpaired) electrons. The summed E-state index contributed by atoms with van der Waals surface area (Å²) in [6, 6.07) is 10.4. The summed E-state index contributed by atoms with van der Waals surface area (Å²) in [7, 11) is 0. The number of aromatic nitrogens is 2. The number of imide groups is 1. The number of hydrogen-bond donors (Lipinski definition) is 1. The first-order valence-corrected chi connectivity index (χ1v) is 10.1. The number of benzene rings is 2. The van der Waals surface area contributed by atoms with Crippen molar-refractivity contribution < 1.29 is 23.3 Å². The summed E-state index contributed by atoms with van der Waals surface area (Å²) >= 11 is 0. The highest BCUT2D eigenvalue weighted by Gasteiger charge is 2.44. The molecule has 0 saturated heterocycles. The van der Waals surface area contributed by atoms with Crippen molar-refractivity contribution in [2.24, 2.45) is 5.92 Å². The maximum Gasteiger partial charge on any atom is 0.262 e. The molecule has 2 heterocycles. The number of nitrogens with one attached hydrogen (secondary N) is 1. The van der Waals surface area contributed by atoms with E-state index in [1.54, 1.807) is 45.0 Å². The lowest BCUT2D eigenvalue weighted by molar-refractivity contribution is -0.127. The molecule has 32 heavy (non-hydrogen) atoms. The van der Waals surface area contributed by atoms with E-state index in [4.69, 9.17) is 4.52 Å². The van der Waals surface area contributed by atoms with Crippen LogP contribution >= 0.6 is 0 Å². The molecule has 1 N–H and O–H groups in total. The summed E-state index contributed by atoms with van der Waals surface area (Å²) in [5.74, 6) is -1.83. The Morgan fingerprint density at radius 1 is 1.00 bits per heavy atom. The van der Waals surface area contributed by atoms with E-state index in [2.05, 4.69) is 15.5 Å². The average Bonchev–Trinajstić information content (AvgIpc) is 3.35. The lowest BCUT2D eigenvalue weighted by atomic mass is 10.0. The largest absolute Gasteiger partial charge is 0.343 e. The van der Waals surface area contributed by atoms with Crippen LogP contribution in [0.1, 0.15) is 53.4 Å². The van der Waals surface area contributed by atoms with E-state index < -0.39 is 29.8 Å². The third-order valence-corrected chi connectivity index (χ3v) is 5.28. The molecule has 2 aromatic carbocycles. The zero-order valence-corrected chi connectivity index (χ0v) is 17.7. The van der Waals surface area contributed by atoms with E-state index in [0.29, 0.717) is 5.56 Å². The van der Waals surface area contributed by atoms with Crippen LogP contribution < -0.4 is 5.32 Å². The molecule has 0 fully saturated rings. The molecule has 1 aliphatic rings. The van der Waals surface area contributed by atoms with Gasteiger partial charge >= 0.3 is 0 Å². The van der Waals surface area contributed by atoms with E-state index in [0.717, 1.165) is 4.90 Å². The van der Waals surface area contributed by atoms with Gasteiger partial charge in [-0.15, -0.1) is 0 Å². The molecule has 8 nitrogen and oxygen atoms in total. The number of rotatable bonds is 6. The summed E-state index contributed by atoms with van der Waals surface area (Å²) in [5.41, 5.74) is 1.13. The maximum atomic E-state index is 13.1. The maximum absolute atomic E-state index is 13.1. The number of halogens is 1. The van der Waals surface area contributed by atoms with Crippen LogP contribution in [0.25, 0.3) is 11.4 Å². The lowest BCUT2D eigenvalue weighted by Gasteiger charge is -2.29. The summed E-state index contributed by atoms with van der Waals surface area (Å²) in [5, 5.41) is 6.63. The molecule has 4 rings (SSSR count). The molecule has 0 aliphatic carbocycles. The Kier molecular flexibility index (Phi) is 5.56. The highest BCUT2D eigenvalue weighted by molar-refractivity contribution is 6.22. The van der Waals surface area contributed by atoms with Gasteiger partial charge in [0.25, 0.3) is 11.8 Å². The first kappa shape index (κ1) is 21.4. The fourth-order valence-electron chi connectivity index (χ4n) is 3.67. The fraction of sp³-hybridized carbons (Fsp3) is 0.261. The fourth-order valence-corrected chi connectivity index (χ4v) is 3.67. The Hall–Kier alpha value is -3.88. The van der Waals surface area contributed by atoms with Gasteiger partial charge in [-0.2, -0.15) is 4.98 Å². The molecule has 9 heteroatoms. The van der Waals surface area contributed by atoms with Gasteiger partial charge in [0, 0.05) is 5.56 Å². The first-order valence-electron chi connectivity index (χ1n) is 10.1. The molecule has 1 aromatic heterocycles. The van der Waals surface area contributed by atoms with Crippen LogP contribution in [-0.2, 0) is 4.79 Å². The van der Waals surface area contributed by atoms with Crippen LogP contribution in [0.2, 0.25) is 0 Å². The summed E-state index contributed by atoms with van der Waals surface area (Å²) < 4.78 is 18.4. The van der Waals surface area contributed by atoms with Gasteiger partial charge < -0.3 is 9.84 Å². The second-order valence-electron chi connectivity index (χ2n) is 7.91. The van der Waals surface area contributed by atoms with Crippen LogP contribution in [0, 0.1) is 11.7 Å². The highest BCUT2D eigenvalue weighted by atomic mass is 19.1. The number of carbonyl (C=O) groups is 3. The minimum Gasteiger partial charge on any atom is -0.343 e. The molecule has 3 amide bonds. The third kappa shape index (κ3) is 3.77. The van der Waals surface area contributed by atoms with E-state index >= 15 is 0 Å². The number of fused-ring (bicyclic) bond motifs is 1. The monoisotopic (exact) mass is 436 g/mol. The van der Waals surface area contributed by atoms with Crippen molar-refractivity contribution >= 4 is 17.7 Å². The van der Waals surface area contributed by atoms with Gasteiger partial charge in [-0.3, -0.25) is 19.3 Å². The average molecular weight is 436 g/mol. The first-order chi connectivity index (χ1) is 15.3. The Bertz CT molecular complexity index is 1150. The van der Waals surface area contributed by atoms with Crippen molar-refractivity contribution in [3.63, 3.8) is 0 Å². The van der Waals surface area contributed by atoms with Crippen molar-refractivity contribution in [2.45, 2.75) is 32.9 Å². The topological polar surface area (TPSA) is 105 Å². The molecule has 0 saturated carbocycles. The Labute approximate surface area is 183 Å². The summed E-state index contributed by atoms with van der Waals surface area (Å²) in [6.45, 7) is 5.18. The standard InChI is InChI=1S/C23H21FN4O4/c1-12(2)18(28-22(30)16-6-4-5-7-17(16)23(28)31)20(29)25-13(3)21-26-19(27-32-21)14-8-10-15(24)11-9-14/h4-13,18H,1-3H3,(H,25,29). The van der Waals surface area contributed by atoms with E-state index in [-0.39, 0.29) is 34.6 Å². The predicted octanol–water partition coefficient (Wildman–Crippen LogP) is 3.37. The summed E-state index contributed by atoms with van der Waals surface area (Å²) in [6.07, 6.45) is 0. The third-order valence-electron chi connectivity index (χ3n) is 5.28. The Morgan fingerprint density at radius 2 is 1.59 bits per heavy atom. The van der Waals surface area contributed by atoms with Crippen molar-refractivity contribution in [3.8, 4) is 11.4 Å². The van der Waals surface area contributed by atoms with Crippen LogP contribution in [0.3, 0.4) is 0 Å². The predicted molar refractivity (Wildman–Crippen MR) is 112 cm³/mol. The zero-order valence-electron chi connectivity index (χ0n) is 17.7. The SMILES string of the molecule is CC(NC(=O)C(C(C)C)N1C(=O)c2ccccc2C1=O)c1nc(-c2ccc(F)cc2)no1. The second kappa shape index (κ2) is 8.33. The van der Waals surface area contributed by atoms with Crippen LogP contribution in [0.4, 0.5) is 4.39 Å². The van der Waals surface area contributed by atoms with Crippen molar-refractivity contribution in [1.82, 2.24) is 20.4 Å². The molecule has 1 aliphatic heterocycles. The number of nitrogens with zero attached hydrogens (tertiary/aromatic N) is 3. The van der Waals surface area contributed by atoms with Gasteiger partial charge in [-0.25, -0.2) is 4.39 Å². The molecular formula is C23H21FN4O4. The van der Waals surface area contributed by atoms with Gasteiger partial charge in [-0.1, -0.05) is 31.1 Å². The number of carbonyl (C=O) groups excluding carboxylic acids is 3. The number of hydrogen-bond acceptors (Lipinski definition) is 6.